The third-order valence-corrected chi connectivity index (χ3v) is 2.46. The highest BCUT2D eigenvalue weighted by Crippen LogP contribution is 2.30. The van der Waals surface area contributed by atoms with Crippen LogP contribution in [-0.4, -0.2) is 6.61 Å². The van der Waals surface area contributed by atoms with E-state index in [9.17, 15) is 4.39 Å². The number of rotatable bonds is 3. The van der Waals surface area contributed by atoms with Crippen LogP contribution in [0.2, 0.25) is 5.02 Å². The minimum absolute atomic E-state index is 0.140. The highest BCUT2D eigenvalue weighted by atomic mass is 79.9. The van der Waals surface area contributed by atoms with E-state index in [-0.39, 0.29) is 11.6 Å². The Morgan fingerprint density at radius 3 is 2.77 bits per heavy atom. The third kappa shape index (κ3) is 2.35. The van der Waals surface area contributed by atoms with Crippen molar-refractivity contribution >= 4 is 27.5 Å². The molecule has 0 spiro atoms. The van der Waals surface area contributed by atoms with Crippen LogP contribution < -0.4 is 4.74 Å². The molecular formula is C9H9BrClFO. The van der Waals surface area contributed by atoms with Crippen molar-refractivity contribution in [3.63, 3.8) is 0 Å². The van der Waals surface area contributed by atoms with E-state index in [1.54, 1.807) is 19.1 Å². The summed E-state index contributed by atoms with van der Waals surface area (Å²) in [6, 6.07) is 3.27. The Morgan fingerprint density at radius 1 is 1.54 bits per heavy atom. The molecule has 1 nitrogen and oxygen atoms in total. The molecule has 1 aromatic carbocycles. The largest absolute Gasteiger partial charge is 0.489 e. The average Bonchev–Trinajstić information content (AvgIpc) is 2.12. The van der Waals surface area contributed by atoms with E-state index in [1.165, 1.54) is 0 Å². The lowest BCUT2D eigenvalue weighted by Crippen LogP contribution is -1.98. The molecule has 0 radical (unpaired) electrons. The van der Waals surface area contributed by atoms with Gasteiger partial charge in [-0.3, -0.25) is 0 Å². The van der Waals surface area contributed by atoms with Gasteiger partial charge in [-0.1, -0.05) is 33.6 Å². The van der Waals surface area contributed by atoms with E-state index in [0.29, 0.717) is 22.5 Å². The lowest BCUT2D eigenvalue weighted by atomic mass is 10.2. The number of alkyl halides is 1. The zero-order valence-corrected chi connectivity index (χ0v) is 9.45. The Labute approximate surface area is 90.0 Å². The van der Waals surface area contributed by atoms with Crippen LogP contribution >= 0.6 is 27.5 Å². The van der Waals surface area contributed by atoms with Crippen LogP contribution in [0.5, 0.6) is 5.75 Å². The second-order valence-electron chi connectivity index (χ2n) is 2.42. The van der Waals surface area contributed by atoms with Gasteiger partial charge in [0.25, 0.3) is 0 Å². The molecule has 0 saturated carbocycles. The molecule has 1 aromatic rings. The van der Waals surface area contributed by atoms with Crippen molar-refractivity contribution in [3.05, 3.63) is 28.5 Å². The molecule has 4 heteroatoms. The van der Waals surface area contributed by atoms with E-state index in [4.69, 9.17) is 16.3 Å². The third-order valence-electron chi connectivity index (χ3n) is 1.56. The maximum Gasteiger partial charge on any atom is 0.173 e. The van der Waals surface area contributed by atoms with Crippen molar-refractivity contribution in [2.75, 3.05) is 6.61 Å². The molecule has 0 unspecified atom stereocenters. The van der Waals surface area contributed by atoms with Crippen molar-refractivity contribution in [2.24, 2.45) is 0 Å². The Balaban J connectivity index is 3.13. The predicted octanol–water partition coefficient (Wildman–Crippen LogP) is 3.77. The molecule has 0 heterocycles. The fourth-order valence-corrected chi connectivity index (χ4v) is 1.59. The molecular weight excluding hydrogens is 258 g/mol. The minimum atomic E-state index is -0.383. The Bertz CT molecular complexity index is 304. The molecule has 0 saturated heterocycles. The van der Waals surface area contributed by atoms with Crippen LogP contribution in [0.3, 0.4) is 0 Å². The maximum atomic E-state index is 13.5. The number of ether oxygens (including phenoxy) is 1. The molecule has 13 heavy (non-hydrogen) atoms. The molecule has 1 rings (SSSR count). The second-order valence-corrected chi connectivity index (χ2v) is 3.38. The summed E-state index contributed by atoms with van der Waals surface area (Å²) in [4.78, 5) is 0. The standard InChI is InChI=1S/C9H9BrClFO/c1-2-13-9-7(11)4-3-6(5-10)8(9)12/h3-4H,2,5H2,1H3. The number of hydrogen-bond acceptors (Lipinski definition) is 1. The van der Waals surface area contributed by atoms with E-state index >= 15 is 0 Å². The van der Waals surface area contributed by atoms with Gasteiger partial charge in [0.2, 0.25) is 0 Å². The average molecular weight is 268 g/mol. The summed E-state index contributed by atoms with van der Waals surface area (Å²) < 4.78 is 18.6. The quantitative estimate of drug-likeness (QED) is 0.758. The first kappa shape index (κ1) is 10.8. The van der Waals surface area contributed by atoms with E-state index < -0.39 is 0 Å². The normalized spacial score (nSPS) is 10.2. The lowest BCUT2D eigenvalue weighted by molar-refractivity contribution is 0.321. The lowest BCUT2D eigenvalue weighted by Gasteiger charge is -2.08. The summed E-state index contributed by atoms with van der Waals surface area (Å²) in [6.45, 7) is 2.19. The fraction of sp³-hybridized carbons (Fsp3) is 0.333. The van der Waals surface area contributed by atoms with Crippen molar-refractivity contribution in [3.8, 4) is 5.75 Å². The van der Waals surface area contributed by atoms with Crippen LogP contribution in [0.15, 0.2) is 12.1 Å². The van der Waals surface area contributed by atoms with Gasteiger partial charge < -0.3 is 4.74 Å². The highest BCUT2D eigenvalue weighted by molar-refractivity contribution is 9.08. The molecule has 0 amide bonds. The van der Waals surface area contributed by atoms with E-state index in [1.807, 2.05) is 0 Å². The highest BCUT2D eigenvalue weighted by Gasteiger charge is 2.12. The molecule has 0 aliphatic heterocycles. The summed E-state index contributed by atoms with van der Waals surface area (Å²) in [5.74, 6) is -0.243. The first-order chi connectivity index (χ1) is 6.20. The van der Waals surface area contributed by atoms with Crippen LogP contribution in [-0.2, 0) is 5.33 Å². The molecule has 0 bridgehead atoms. The molecule has 0 N–H and O–H groups in total. The van der Waals surface area contributed by atoms with Crippen molar-refractivity contribution < 1.29 is 9.13 Å². The van der Waals surface area contributed by atoms with Gasteiger partial charge in [0.1, 0.15) is 0 Å². The summed E-state index contributed by atoms with van der Waals surface area (Å²) in [6.07, 6.45) is 0. The summed E-state index contributed by atoms with van der Waals surface area (Å²) in [5, 5.41) is 0.764. The number of hydrogen-bond donors (Lipinski definition) is 0. The Kier molecular flexibility index (Phi) is 4.00. The Morgan fingerprint density at radius 2 is 2.23 bits per heavy atom. The van der Waals surface area contributed by atoms with Crippen molar-refractivity contribution in [2.45, 2.75) is 12.3 Å². The van der Waals surface area contributed by atoms with E-state index in [2.05, 4.69) is 15.9 Å². The molecule has 72 valence electrons. The van der Waals surface area contributed by atoms with Gasteiger partial charge in [-0.05, 0) is 13.0 Å². The van der Waals surface area contributed by atoms with Crippen LogP contribution in [0.1, 0.15) is 12.5 Å². The van der Waals surface area contributed by atoms with Gasteiger partial charge in [-0.25, -0.2) is 4.39 Å². The summed E-state index contributed by atoms with van der Waals surface area (Å²) in [7, 11) is 0. The van der Waals surface area contributed by atoms with Crippen LogP contribution in [0.4, 0.5) is 4.39 Å². The molecule has 0 aliphatic rings. The van der Waals surface area contributed by atoms with Gasteiger partial charge in [-0.2, -0.15) is 0 Å². The zero-order valence-electron chi connectivity index (χ0n) is 7.11. The van der Waals surface area contributed by atoms with Gasteiger partial charge in [0, 0.05) is 10.9 Å². The first-order valence-electron chi connectivity index (χ1n) is 3.86. The smallest absolute Gasteiger partial charge is 0.173 e. The molecule has 0 aromatic heterocycles. The molecule has 0 aliphatic carbocycles. The van der Waals surface area contributed by atoms with E-state index in [0.717, 1.165) is 0 Å². The monoisotopic (exact) mass is 266 g/mol. The molecule has 0 atom stereocenters. The van der Waals surface area contributed by atoms with Crippen molar-refractivity contribution in [1.29, 1.82) is 0 Å². The number of halogens is 3. The van der Waals surface area contributed by atoms with Gasteiger partial charge in [0.05, 0.1) is 11.6 Å². The number of benzene rings is 1. The fourth-order valence-electron chi connectivity index (χ4n) is 0.953. The first-order valence-corrected chi connectivity index (χ1v) is 5.36. The maximum absolute atomic E-state index is 13.5. The van der Waals surface area contributed by atoms with Gasteiger partial charge in [-0.15, -0.1) is 0 Å². The summed E-state index contributed by atoms with van der Waals surface area (Å²) >= 11 is 8.94. The SMILES string of the molecule is CCOc1c(Cl)ccc(CBr)c1F. The Hall–Kier alpha value is -0.280. The topological polar surface area (TPSA) is 9.23 Å². The zero-order chi connectivity index (χ0) is 9.84. The van der Waals surface area contributed by atoms with Gasteiger partial charge in [0.15, 0.2) is 11.6 Å². The van der Waals surface area contributed by atoms with Crippen molar-refractivity contribution in [1.82, 2.24) is 0 Å². The second kappa shape index (κ2) is 4.82. The van der Waals surface area contributed by atoms with Gasteiger partial charge >= 0.3 is 0 Å². The predicted molar refractivity (Wildman–Crippen MR) is 55.2 cm³/mol. The van der Waals surface area contributed by atoms with Crippen LogP contribution in [0, 0.1) is 5.82 Å². The minimum Gasteiger partial charge on any atom is -0.489 e. The van der Waals surface area contributed by atoms with Crippen LogP contribution in [0.25, 0.3) is 0 Å². The molecule has 0 fully saturated rings. The summed E-state index contributed by atoms with van der Waals surface area (Å²) in [5.41, 5.74) is 0.549.